The first kappa shape index (κ1) is 22.6. The van der Waals surface area contributed by atoms with Gasteiger partial charge in [-0.15, -0.1) is 0 Å². The molecule has 1 aliphatic rings. The zero-order valence-electron chi connectivity index (χ0n) is 19.1. The molecule has 3 N–H and O–H groups in total. The molecule has 0 aliphatic carbocycles. The highest BCUT2D eigenvalue weighted by Crippen LogP contribution is 2.29. The lowest BCUT2D eigenvalue weighted by Crippen LogP contribution is -2.48. The molecule has 1 aromatic heterocycles. The maximum atomic E-state index is 13.6. The maximum absolute atomic E-state index is 13.6. The number of benzene rings is 3. The summed E-state index contributed by atoms with van der Waals surface area (Å²) in [6, 6.07) is 23.0. The molecule has 8 heteroatoms. The van der Waals surface area contributed by atoms with E-state index in [-0.39, 0.29) is 7.46 Å². The Morgan fingerprint density at radius 1 is 1.00 bits per heavy atom. The summed E-state index contributed by atoms with van der Waals surface area (Å²) in [5.74, 6) is -0.579. The van der Waals surface area contributed by atoms with Crippen molar-refractivity contribution in [1.82, 2.24) is 15.4 Å². The minimum absolute atomic E-state index is 0. The predicted molar refractivity (Wildman–Crippen MR) is 136 cm³/mol. The molecule has 180 valence electrons. The predicted octanol–water partition coefficient (Wildman–Crippen LogP) is 4.66. The van der Waals surface area contributed by atoms with E-state index in [0.29, 0.717) is 38.4 Å². The van der Waals surface area contributed by atoms with Gasteiger partial charge in [-0.05, 0) is 58.5 Å². The van der Waals surface area contributed by atoms with Crippen LogP contribution in [0.5, 0.6) is 0 Å². The minimum atomic E-state index is -0.579. The number of urea groups is 1. The lowest BCUT2D eigenvalue weighted by molar-refractivity contribution is 0.0548. The number of aromatic nitrogens is 1. The van der Waals surface area contributed by atoms with Crippen LogP contribution >= 0.6 is 0 Å². The first-order valence-corrected chi connectivity index (χ1v) is 11.5. The van der Waals surface area contributed by atoms with E-state index in [0.717, 1.165) is 33.3 Å². The molecular weight excluding hydrogens is 444 g/mol. The van der Waals surface area contributed by atoms with Crippen LogP contribution in [0.3, 0.4) is 0 Å². The second kappa shape index (κ2) is 10.0. The molecule has 0 bridgehead atoms. The molecule has 0 atom stereocenters. The van der Waals surface area contributed by atoms with E-state index in [1.165, 1.54) is 0 Å². The molecule has 3 aromatic carbocycles. The second-order valence-corrected chi connectivity index (χ2v) is 8.44. The Kier molecular flexibility index (Phi) is 6.47. The number of rotatable bonds is 5. The number of hydroxylamine groups is 1. The summed E-state index contributed by atoms with van der Waals surface area (Å²) in [5, 5.41) is 10.0. The Bertz CT molecular complexity index is 1350. The van der Waals surface area contributed by atoms with Gasteiger partial charge in [0.2, 0.25) is 0 Å². The Labute approximate surface area is 204 Å². The van der Waals surface area contributed by atoms with Crippen molar-refractivity contribution in [2.45, 2.75) is 6.54 Å². The summed E-state index contributed by atoms with van der Waals surface area (Å²) in [6.07, 6.45) is 1.92. The van der Waals surface area contributed by atoms with Crippen molar-refractivity contribution in [2.75, 3.05) is 31.2 Å². The fraction of sp³-hybridized carbons (Fsp3) is 0.185. The number of anilines is 1. The largest absolute Gasteiger partial charge is 0.378 e. The molecule has 0 unspecified atom stereocenters. The van der Waals surface area contributed by atoms with E-state index in [2.05, 4.69) is 23.2 Å². The van der Waals surface area contributed by atoms with Gasteiger partial charge in [0.25, 0.3) is 5.91 Å². The van der Waals surface area contributed by atoms with Gasteiger partial charge in [-0.2, -0.15) is 0 Å². The third kappa shape index (κ3) is 4.89. The van der Waals surface area contributed by atoms with Gasteiger partial charge < -0.3 is 14.6 Å². The van der Waals surface area contributed by atoms with Crippen LogP contribution in [0.25, 0.3) is 22.0 Å². The van der Waals surface area contributed by atoms with Crippen LogP contribution in [-0.2, 0) is 11.3 Å². The lowest BCUT2D eigenvalue weighted by Gasteiger charge is -2.33. The fourth-order valence-corrected chi connectivity index (χ4v) is 4.28. The minimum Gasteiger partial charge on any atom is -0.378 e. The Hall–Kier alpha value is -4.14. The summed E-state index contributed by atoms with van der Waals surface area (Å²) in [6.45, 7) is 2.43. The number of aromatic amines is 1. The van der Waals surface area contributed by atoms with E-state index < -0.39 is 5.91 Å². The Morgan fingerprint density at radius 3 is 2.54 bits per heavy atom. The number of ether oxygens (including phenoxy) is 1. The van der Waals surface area contributed by atoms with Crippen molar-refractivity contribution in [3.8, 4) is 11.1 Å². The van der Waals surface area contributed by atoms with Gasteiger partial charge in [-0.3, -0.25) is 14.9 Å². The number of fused-ring (bicyclic) bond motifs is 1. The molecule has 0 saturated carbocycles. The number of hydrogen-bond acceptors (Lipinski definition) is 4. The van der Waals surface area contributed by atoms with Gasteiger partial charge >= 0.3 is 6.03 Å². The van der Waals surface area contributed by atoms with Crippen LogP contribution in [0.2, 0.25) is 0 Å². The highest BCUT2D eigenvalue weighted by atomic mass is 16.5. The number of nitrogens with one attached hydrogen (secondary N) is 2. The Morgan fingerprint density at radius 2 is 1.77 bits per heavy atom. The molecular formula is C27H28N4O4. The molecule has 3 amide bonds. The molecule has 0 radical (unpaired) electrons. The highest BCUT2D eigenvalue weighted by molar-refractivity contribution is 5.94. The van der Waals surface area contributed by atoms with Crippen LogP contribution < -0.4 is 10.4 Å². The molecule has 35 heavy (non-hydrogen) atoms. The molecule has 1 fully saturated rings. The molecule has 8 nitrogen and oxygen atoms in total. The van der Waals surface area contributed by atoms with Crippen LogP contribution in [0, 0.1) is 0 Å². The topological polar surface area (TPSA) is 97.9 Å². The van der Waals surface area contributed by atoms with Crippen LogP contribution in [-0.4, -0.2) is 53.3 Å². The smallest absolute Gasteiger partial charge is 0.324 e. The van der Waals surface area contributed by atoms with E-state index in [1.54, 1.807) is 39.5 Å². The zero-order valence-corrected chi connectivity index (χ0v) is 19.1. The highest BCUT2D eigenvalue weighted by Gasteiger charge is 2.25. The van der Waals surface area contributed by atoms with Crippen molar-refractivity contribution in [3.63, 3.8) is 0 Å². The molecule has 1 saturated heterocycles. The fourth-order valence-electron chi connectivity index (χ4n) is 4.28. The molecule has 0 spiro atoms. The lowest BCUT2D eigenvalue weighted by atomic mass is 10.0. The normalized spacial score (nSPS) is 13.6. The number of H-pyrrole nitrogens is 1. The molecule has 1 aliphatic heterocycles. The summed E-state index contributed by atoms with van der Waals surface area (Å²) < 4.78 is 5.43. The van der Waals surface area contributed by atoms with Gasteiger partial charge in [0, 0.05) is 37.5 Å². The number of hydrogen-bond donors (Lipinski definition) is 3. The van der Waals surface area contributed by atoms with Crippen LogP contribution in [0.1, 0.15) is 17.3 Å². The van der Waals surface area contributed by atoms with Gasteiger partial charge in [0.05, 0.1) is 19.8 Å². The standard InChI is InChI=1S/C27H26N4O4.H2/c32-26(29-34)21-6-4-19(5-7-21)18-31(27(33)30-12-14-35-15-13-30)24-3-1-2-22(16-24)23-9-8-20-10-11-28-25(20)17-23;/h1-11,16-17,28,34H,12-15,18H2,(H,29,32);1H. The van der Waals surface area contributed by atoms with Gasteiger partial charge in [0.1, 0.15) is 0 Å². The van der Waals surface area contributed by atoms with Crippen LogP contribution in [0.4, 0.5) is 10.5 Å². The SMILES string of the molecule is O=C(NO)c1ccc(CN(C(=O)N2CCOCC2)c2cccc(-c3ccc4cc[nH]c4c3)c2)cc1.[HH]. The summed E-state index contributed by atoms with van der Waals surface area (Å²) >= 11 is 0. The van der Waals surface area contributed by atoms with Crippen molar-refractivity contribution in [3.05, 3.63) is 90.1 Å². The monoisotopic (exact) mass is 472 g/mol. The second-order valence-electron chi connectivity index (χ2n) is 8.44. The average Bonchev–Trinajstić information content (AvgIpc) is 3.40. The van der Waals surface area contributed by atoms with Crippen molar-refractivity contribution < 1.29 is 21.0 Å². The third-order valence-corrected chi connectivity index (χ3v) is 6.22. The van der Waals surface area contributed by atoms with E-state index in [9.17, 15) is 9.59 Å². The molecule has 4 aromatic rings. The first-order valence-electron chi connectivity index (χ1n) is 11.5. The van der Waals surface area contributed by atoms with E-state index in [1.807, 2.05) is 36.5 Å². The summed E-state index contributed by atoms with van der Waals surface area (Å²) in [7, 11) is 0. The quantitative estimate of drug-likeness (QED) is 0.291. The molecule has 2 heterocycles. The third-order valence-electron chi connectivity index (χ3n) is 6.22. The number of amides is 3. The Balaban J connectivity index is 0.00000304. The number of carbonyl (C=O) groups is 2. The van der Waals surface area contributed by atoms with Crippen LogP contribution in [0.15, 0.2) is 79.0 Å². The zero-order chi connectivity index (χ0) is 24.2. The van der Waals surface area contributed by atoms with Crippen molar-refractivity contribution >= 4 is 28.5 Å². The van der Waals surface area contributed by atoms with Gasteiger partial charge in [-0.25, -0.2) is 10.3 Å². The maximum Gasteiger partial charge on any atom is 0.324 e. The molecule has 5 rings (SSSR count). The number of morpholine rings is 1. The van der Waals surface area contributed by atoms with Crippen molar-refractivity contribution in [1.29, 1.82) is 0 Å². The summed E-state index contributed by atoms with van der Waals surface area (Å²) in [4.78, 5) is 32.1. The summed E-state index contributed by atoms with van der Waals surface area (Å²) in [5.41, 5.74) is 6.73. The number of nitrogens with zero attached hydrogens (tertiary/aromatic N) is 2. The van der Waals surface area contributed by atoms with Gasteiger partial charge in [-0.1, -0.05) is 36.4 Å². The van der Waals surface area contributed by atoms with Crippen molar-refractivity contribution in [2.24, 2.45) is 0 Å². The first-order chi connectivity index (χ1) is 17.1. The van der Waals surface area contributed by atoms with Gasteiger partial charge in [0.15, 0.2) is 0 Å². The van der Waals surface area contributed by atoms with E-state index >= 15 is 0 Å². The average molecular weight is 473 g/mol. The number of carbonyl (C=O) groups excluding carboxylic acids is 2. The van der Waals surface area contributed by atoms with E-state index in [4.69, 9.17) is 9.94 Å².